The van der Waals surface area contributed by atoms with Gasteiger partial charge in [-0.1, -0.05) is 6.92 Å². The Balaban J connectivity index is 2.16. The summed E-state index contributed by atoms with van der Waals surface area (Å²) < 4.78 is 4.07. The second kappa shape index (κ2) is 3.58. The molecular weight excluding hydrogens is 188 g/mol. The summed E-state index contributed by atoms with van der Waals surface area (Å²) in [7, 11) is 0. The van der Waals surface area contributed by atoms with Crippen LogP contribution in [-0.4, -0.2) is 27.6 Å². The number of rotatable bonds is 1. The summed E-state index contributed by atoms with van der Waals surface area (Å²) in [6.07, 6.45) is 1.84. The van der Waals surface area contributed by atoms with E-state index >= 15 is 0 Å². The highest BCUT2D eigenvalue weighted by Crippen LogP contribution is 2.20. The predicted molar refractivity (Wildman–Crippen MR) is 55.4 cm³/mol. The lowest BCUT2D eigenvalue weighted by atomic mass is 10.3. The van der Waals surface area contributed by atoms with Crippen molar-refractivity contribution >= 4 is 29.0 Å². The maximum Gasteiger partial charge on any atom is 0.0696 e. The van der Waals surface area contributed by atoms with Gasteiger partial charge in [0.15, 0.2) is 0 Å². The van der Waals surface area contributed by atoms with Gasteiger partial charge in [-0.3, -0.25) is 4.99 Å². The average Bonchev–Trinajstić information content (AvgIpc) is 2.58. The lowest BCUT2D eigenvalue weighted by Gasteiger charge is -2.15. The van der Waals surface area contributed by atoms with Crippen molar-refractivity contribution in [2.75, 3.05) is 12.3 Å². The van der Waals surface area contributed by atoms with Crippen LogP contribution in [0.1, 0.15) is 11.8 Å². The summed E-state index contributed by atoms with van der Waals surface area (Å²) in [6.45, 7) is 3.18. The maximum atomic E-state index is 4.52. The highest BCUT2D eigenvalue weighted by atomic mass is 32.2. The van der Waals surface area contributed by atoms with Crippen LogP contribution in [0, 0.1) is 0 Å². The molecule has 4 heteroatoms. The normalized spacial score (nSPS) is 23.8. The third-order valence-electron chi connectivity index (χ3n) is 1.77. The fourth-order valence-electron chi connectivity index (χ4n) is 1.07. The van der Waals surface area contributed by atoms with Crippen molar-refractivity contribution in [3.8, 4) is 0 Å². The van der Waals surface area contributed by atoms with E-state index in [2.05, 4.69) is 16.3 Å². The number of aromatic nitrogens is 1. The lowest BCUT2D eigenvalue weighted by Crippen LogP contribution is -2.16. The van der Waals surface area contributed by atoms with Crippen LogP contribution in [0.5, 0.6) is 0 Å². The molecule has 64 valence electrons. The molecule has 1 aliphatic rings. The molecule has 1 aromatic rings. The molecule has 0 spiro atoms. The second-order valence-electron chi connectivity index (χ2n) is 2.79. The van der Waals surface area contributed by atoms with Crippen LogP contribution in [0.15, 0.2) is 17.3 Å². The zero-order valence-electron chi connectivity index (χ0n) is 6.86. The van der Waals surface area contributed by atoms with Gasteiger partial charge in [-0.25, -0.2) is 4.37 Å². The molecule has 1 unspecified atom stereocenters. The van der Waals surface area contributed by atoms with E-state index in [1.807, 2.05) is 24.0 Å². The number of nitrogens with zero attached hydrogens (tertiary/aromatic N) is 2. The standard InChI is InChI=1S/C8H10N2S2/c1-6-4-9-7(5-11-6)8-2-3-10-12-8/h2-3,6H,4-5H2,1H3. The second-order valence-corrected chi connectivity index (χ2v) is 5.05. The molecule has 0 aliphatic carbocycles. The number of hydrogen-bond donors (Lipinski definition) is 0. The van der Waals surface area contributed by atoms with Gasteiger partial charge in [-0.15, -0.1) is 0 Å². The Bertz CT molecular complexity index is 279. The minimum Gasteiger partial charge on any atom is -0.286 e. The fourth-order valence-corrected chi connectivity index (χ4v) is 2.63. The van der Waals surface area contributed by atoms with E-state index in [-0.39, 0.29) is 0 Å². The van der Waals surface area contributed by atoms with E-state index in [4.69, 9.17) is 0 Å². The topological polar surface area (TPSA) is 25.2 Å². The van der Waals surface area contributed by atoms with E-state index in [1.54, 1.807) is 0 Å². The van der Waals surface area contributed by atoms with E-state index in [0.717, 1.165) is 12.3 Å². The highest BCUT2D eigenvalue weighted by Gasteiger charge is 2.13. The molecule has 2 nitrogen and oxygen atoms in total. The molecule has 0 aromatic carbocycles. The first-order valence-corrected chi connectivity index (χ1v) is 5.74. The Morgan fingerprint density at radius 2 is 2.50 bits per heavy atom. The van der Waals surface area contributed by atoms with Gasteiger partial charge >= 0.3 is 0 Å². The molecule has 0 bridgehead atoms. The van der Waals surface area contributed by atoms with Gasteiger partial charge in [-0.05, 0) is 17.6 Å². The smallest absolute Gasteiger partial charge is 0.0696 e. The van der Waals surface area contributed by atoms with Crippen molar-refractivity contribution < 1.29 is 0 Å². The third kappa shape index (κ3) is 1.69. The molecule has 2 heterocycles. The van der Waals surface area contributed by atoms with Gasteiger partial charge < -0.3 is 0 Å². The van der Waals surface area contributed by atoms with Crippen molar-refractivity contribution in [2.45, 2.75) is 12.2 Å². The third-order valence-corrected chi connectivity index (χ3v) is 3.72. The van der Waals surface area contributed by atoms with Crippen LogP contribution in [-0.2, 0) is 0 Å². The Morgan fingerprint density at radius 1 is 1.58 bits per heavy atom. The van der Waals surface area contributed by atoms with Gasteiger partial charge in [0.25, 0.3) is 0 Å². The van der Waals surface area contributed by atoms with Crippen molar-refractivity contribution in [1.82, 2.24) is 4.37 Å². The summed E-state index contributed by atoms with van der Waals surface area (Å²) in [4.78, 5) is 5.75. The molecule has 0 amide bonds. The first kappa shape index (κ1) is 8.26. The zero-order valence-corrected chi connectivity index (χ0v) is 8.49. The largest absolute Gasteiger partial charge is 0.286 e. The Labute approximate surface area is 80.3 Å². The van der Waals surface area contributed by atoms with E-state index in [9.17, 15) is 0 Å². The quantitative estimate of drug-likeness (QED) is 0.690. The molecule has 1 atom stereocenters. The van der Waals surface area contributed by atoms with Gasteiger partial charge in [0, 0.05) is 17.2 Å². The zero-order chi connectivity index (χ0) is 8.39. The van der Waals surface area contributed by atoms with Crippen LogP contribution in [0.4, 0.5) is 0 Å². The first-order valence-electron chi connectivity index (χ1n) is 3.92. The Kier molecular flexibility index (Phi) is 2.46. The summed E-state index contributed by atoms with van der Waals surface area (Å²) in [5.74, 6) is 1.04. The molecular formula is C8H10N2S2. The minimum absolute atomic E-state index is 0.682. The van der Waals surface area contributed by atoms with Crippen molar-refractivity contribution in [3.63, 3.8) is 0 Å². The summed E-state index contributed by atoms with van der Waals surface area (Å²) in [6, 6.07) is 2.04. The molecule has 12 heavy (non-hydrogen) atoms. The van der Waals surface area contributed by atoms with Gasteiger partial charge in [0.2, 0.25) is 0 Å². The molecule has 1 aromatic heterocycles. The first-order chi connectivity index (χ1) is 5.86. The van der Waals surface area contributed by atoms with Gasteiger partial charge in [0.1, 0.15) is 0 Å². The molecule has 0 saturated carbocycles. The lowest BCUT2D eigenvalue weighted by molar-refractivity contribution is 0.943. The van der Waals surface area contributed by atoms with Crippen LogP contribution < -0.4 is 0 Å². The van der Waals surface area contributed by atoms with Crippen LogP contribution in [0.2, 0.25) is 0 Å². The van der Waals surface area contributed by atoms with E-state index < -0.39 is 0 Å². The molecule has 0 fully saturated rings. The SMILES string of the molecule is CC1CN=C(c2ccns2)CS1. The molecule has 0 N–H and O–H groups in total. The average molecular weight is 198 g/mol. The minimum atomic E-state index is 0.682. The number of hydrogen-bond acceptors (Lipinski definition) is 4. The Hall–Kier alpha value is -0.350. The van der Waals surface area contributed by atoms with E-state index in [0.29, 0.717) is 5.25 Å². The monoisotopic (exact) mass is 198 g/mol. The van der Waals surface area contributed by atoms with Gasteiger partial charge in [-0.2, -0.15) is 11.8 Å². The summed E-state index contributed by atoms with van der Waals surface area (Å²) >= 11 is 3.51. The molecule has 2 rings (SSSR count). The van der Waals surface area contributed by atoms with Crippen molar-refractivity contribution in [1.29, 1.82) is 0 Å². The van der Waals surface area contributed by atoms with Crippen LogP contribution in [0.3, 0.4) is 0 Å². The molecule has 1 aliphatic heterocycles. The Morgan fingerprint density at radius 3 is 3.08 bits per heavy atom. The maximum absolute atomic E-state index is 4.52. The fraction of sp³-hybridized carbons (Fsp3) is 0.500. The molecule has 0 radical (unpaired) electrons. The number of thioether (sulfide) groups is 1. The van der Waals surface area contributed by atoms with Gasteiger partial charge in [0.05, 0.1) is 17.1 Å². The van der Waals surface area contributed by atoms with Crippen LogP contribution >= 0.6 is 23.3 Å². The summed E-state index contributed by atoms with van der Waals surface area (Å²) in [5.41, 5.74) is 1.22. The summed E-state index contributed by atoms with van der Waals surface area (Å²) in [5, 5.41) is 0.682. The van der Waals surface area contributed by atoms with Crippen molar-refractivity contribution in [3.05, 3.63) is 17.1 Å². The van der Waals surface area contributed by atoms with Crippen LogP contribution in [0.25, 0.3) is 0 Å². The molecule has 0 saturated heterocycles. The predicted octanol–water partition coefficient (Wildman–Crippen LogP) is 2.07. The van der Waals surface area contributed by atoms with E-state index in [1.165, 1.54) is 22.1 Å². The highest BCUT2D eigenvalue weighted by molar-refractivity contribution is 8.00. The number of aliphatic imine (C=N–C) groups is 1. The van der Waals surface area contributed by atoms with Crippen molar-refractivity contribution in [2.24, 2.45) is 4.99 Å².